The van der Waals surface area contributed by atoms with Crippen LogP contribution in [0, 0.1) is 10.1 Å². The molecule has 0 aromatic heterocycles. The van der Waals surface area contributed by atoms with E-state index in [-0.39, 0.29) is 18.8 Å². The topological polar surface area (TPSA) is 104 Å². The van der Waals surface area contributed by atoms with Crippen molar-refractivity contribution in [2.24, 2.45) is 0 Å². The molecule has 0 aliphatic heterocycles. The Labute approximate surface area is 116 Å². The number of carbonyl (C=O) groups excluding carboxylic acids is 1. The number of urea groups is 1. The third-order valence-corrected chi connectivity index (χ3v) is 3.44. The van der Waals surface area contributed by atoms with Crippen LogP contribution in [-0.4, -0.2) is 28.2 Å². The maximum Gasteiger partial charge on any atom is 0.315 e. The molecule has 0 heterocycles. The monoisotopic (exact) mass is 279 g/mol. The van der Waals surface area contributed by atoms with Crippen LogP contribution in [0.5, 0.6) is 0 Å². The summed E-state index contributed by atoms with van der Waals surface area (Å²) in [4.78, 5) is 21.7. The summed E-state index contributed by atoms with van der Waals surface area (Å²) >= 11 is 0. The largest absolute Gasteiger partial charge is 0.388 e. The van der Waals surface area contributed by atoms with Gasteiger partial charge in [-0.05, 0) is 24.8 Å². The summed E-state index contributed by atoms with van der Waals surface area (Å²) in [6.45, 7) is 0.430. The summed E-state index contributed by atoms with van der Waals surface area (Å²) in [5.74, 6) is 0. The molecule has 1 aliphatic rings. The van der Waals surface area contributed by atoms with Crippen LogP contribution in [-0.2, 0) is 6.54 Å². The fourth-order valence-electron chi connectivity index (χ4n) is 2.03. The van der Waals surface area contributed by atoms with Crippen molar-refractivity contribution in [2.45, 2.75) is 31.4 Å². The summed E-state index contributed by atoms with van der Waals surface area (Å²) in [5.41, 5.74) is -0.117. The van der Waals surface area contributed by atoms with Crippen LogP contribution in [0.4, 0.5) is 10.5 Å². The van der Waals surface area contributed by atoms with Gasteiger partial charge in [0, 0.05) is 25.2 Å². The summed E-state index contributed by atoms with van der Waals surface area (Å²) < 4.78 is 0. The number of nitro benzene ring substituents is 1. The molecular weight excluding hydrogens is 262 g/mol. The number of non-ortho nitro benzene ring substituents is 1. The number of nitrogens with one attached hydrogen (secondary N) is 2. The lowest BCUT2D eigenvalue weighted by molar-refractivity contribution is -0.384. The van der Waals surface area contributed by atoms with Crippen LogP contribution >= 0.6 is 0 Å². The molecule has 1 aromatic carbocycles. The summed E-state index contributed by atoms with van der Waals surface area (Å²) in [6.07, 6.45) is 2.39. The van der Waals surface area contributed by atoms with Crippen molar-refractivity contribution < 1.29 is 14.8 Å². The fourth-order valence-corrected chi connectivity index (χ4v) is 2.03. The van der Waals surface area contributed by atoms with E-state index in [0.717, 1.165) is 6.42 Å². The fraction of sp³-hybridized carbons (Fsp3) is 0.462. The Bertz CT molecular complexity index is 514. The van der Waals surface area contributed by atoms with Gasteiger partial charge in [0.05, 0.1) is 10.5 Å². The third-order valence-electron chi connectivity index (χ3n) is 3.44. The van der Waals surface area contributed by atoms with E-state index in [9.17, 15) is 20.0 Å². The van der Waals surface area contributed by atoms with Crippen molar-refractivity contribution in [3.05, 3.63) is 39.9 Å². The maximum absolute atomic E-state index is 11.6. The third kappa shape index (κ3) is 3.67. The molecule has 0 saturated heterocycles. The second-order valence-electron chi connectivity index (χ2n) is 5.04. The predicted molar refractivity (Wildman–Crippen MR) is 72.1 cm³/mol. The Morgan fingerprint density at radius 2 is 2.15 bits per heavy atom. The first-order valence-corrected chi connectivity index (χ1v) is 6.46. The van der Waals surface area contributed by atoms with Crippen LogP contribution in [0.1, 0.15) is 24.8 Å². The van der Waals surface area contributed by atoms with Gasteiger partial charge in [-0.2, -0.15) is 0 Å². The number of benzene rings is 1. The molecule has 0 bridgehead atoms. The molecule has 1 aromatic rings. The second-order valence-corrected chi connectivity index (χ2v) is 5.04. The zero-order valence-corrected chi connectivity index (χ0v) is 11.0. The van der Waals surface area contributed by atoms with Crippen LogP contribution in [0.15, 0.2) is 24.3 Å². The first-order chi connectivity index (χ1) is 9.48. The molecule has 7 nitrogen and oxygen atoms in total. The lowest BCUT2D eigenvalue weighted by Gasteiger charge is -2.36. The van der Waals surface area contributed by atoms with E-state index >= 15 is 0 Å². The predicted octanol–water partition coefficient (Wildman–Crippen LogP) is 1.31. The first-order valence-electron chi connectivity index (χ1n) is 6.46. The zero-order valence-electron chi connectivity index (χ0n) is 11.0. The molecular formula is C13H17N3O4. The Kier molecular flexibility index (Phi) is 4.19. The van der Waals surface area contributed by atoms with E-state index in [1.807, 2.05) is 0 Å². The molecule has 1 fully saturated rings. The minimum Gasteiger partial charge on any atom is -0.388 e. The number of nitrogens with zero attached hydrogens (tertiary/aromatic N) is 1. The molecule has 3 N–H and O–H groups in total. The van der Waals surface area contributed by atoms with E-state index in [1.165, 1.54) is 12.1 Å². The van der Waals surface area contributed by atoms with E-state index in [4.69, 9.17) is 0 Å². The lowest BCUT2D eigenvalue weighted by Crippen LogP contribution is -2.49. The van der Waals surface area contributed by atoms with Gasteiger partial charge in [0.2, 0.25) is 0 Å². The SMILES string of the molecule is O=C(NCc1cccc([N+](=O)[O-])c1)NCC1(O)CCC1. The zero-order chi connectivity index (χ0) is 14.6. The smallest absolute Gasteiger partial charge is 0.315 e. The highest BCUT2D eigenvalue weighted by atomic mass is 16.6. The van der Waals surface area contributed by atoms with Crippen molar-refractivity contribution in [1.29, 1.82) is 0 Å². The molecule has 0 atom stereocenters. The Hall–Kier alpha value is -2.15. The van der Waals surface area contributed by atoms with Crippen molar-refractivity contribution in [2.75, 3.05) is 6.54 Å². The van der Waals surface area contributed by atoms with Gasteiger partial charge < -0.3 is 15.7 Å². The van der Waals surface area contributed by atoms with Gasteiger partial charge in [-0.25, -0.2) is 4.79 Å². The molecule has 108 valence electrons. The number of aliphatic hydroxyl groups is 1. The standard InChI is InChI=1S/C13H17N3O4/c17-12(15-9-13(18)5-2-6-13)14-8-10-3-1-4-11(7-10)16(19)20/h1,3-4,7,18H,2,5-6,8-9H2,(H2,14,15,17). The van der Waals surface area contributed by atoms with Crippen molar-refractivity contribution in [1.82, 2.24) is 10.6 Å². The normalized spacial score (nSPS) is 16.1. The minimum absolute atomic E-state index is 0.00603. The number of hydrogen-bond acceptors (Lipinski definition) is 4. The van der Waals surface area contributed by atoms with E-state index in [0.29, 0.717) is 18.4 Å². The Balaban J connectivity index is 1.78. The molecule has 2 rings (SSSR count). The average Bonchev–Trinajstić information content (AvgIpc) is 2.41. The van der Waals surface area contributed by atoms with Crippen molar-refractivity contribution in [3.8, 4) is 0 Å². The quantitative estimate of drug-likeness (QED) is 0.558. The van der Waals surface area contributed by atoms with Gasteiger partial charge in [0.15, 0.2) is 0 Å². The van der Waals surface area contributed by atoms with Crippen LogP contribution in [0.3, 0.4) is 0 Å². The molecule has 0 unspecified atom stereocenters. The number of hydrogen-bond donors (Lipinski definition) is 3. The molecule has 1 aliphatic carbocycles. The molecule has 0 spiro atoms. The van der Waals surface area contributed by atoms with Crippen LogP contribution in [0.25, 0.3) is 0 Å². The van der Waals surface area contributed by atoms with Gasteiger partial charge in [-0.1, -0.05) is 12.1 Å². The van der Waals surface area contributed by atoms with E-state index < -0.39 is 16.6 Å². The van der Waals surface area contributed by atoms with Gasteiger partial charge >= 0.3 is 6.03 Å². The summed E-state index contributed by atoms with van der Waals surface area (Å²) in [7, 11) is 0. The van der Waals surface area contributed by atoms with Gasteiger partial charge in [-0.3, -0.25) is 10.1 Å². The Morgan fingerprint density at radius 1 is 1.40 bits per heavy atom. The molecule has 7 heteroatoms. The van der Waals surface area contributed by atoms with Crippen LogP contribution in [0.2, 0.25) is 0 Å². The number of carbonyl (C=O) groups is 1. The summed E-state index contributed by atoms with van der Waals surface area (Å²) in [6, 6.07) is 5.70. The molecule has 20 heavy (non-hydrogen) atoms. The second kappa shape index (κ2) is 5.87. The van der Waals surface area contributed by atoms with Crippen molar-refractivity contribution in [3.63, 3.8) is 0 Å². The highest BCUT2D eigenvalue weighted by Crippen LogP contribution is 2.30. The highest BCUT2D eigenvalue weighted by molar-refractivity contribution is 5.73. The maximum atomic E-state index is 11.6. The van der Waals surface area contributed by atoms with Gasteiger partial charge in [0.25, 0.3) is 5.69 Å². The number of rotatable bonds is 5. The lowest BCUT2D eigenvalue weighted by atomic mass is 9.80. The van der Waals surface area contributed by atoms with Crippen molar-refractivity contribution >= 4 is 11.7 Å². The molecule has 1 saturated carbocycles. The number of nitro groups is 1. The number of amides is 2. The highest BCUT2D eigenvalue weighted by Gasteiger charge is 2.34. The summed E-state index contributed by atoms with van der Waals surface area (Å²) in [5, 5.41) is 25.6. The molecule has 2 amide bonds. The first kappa shape index (κ1) is 14.3. The average molecular weight is 279 g/mol. The van der Waals surface area contributed by atoms with E-state index in [1.54, 1.807) is 12.1 Å². The van der Waals surface area contributed by atoms with E-state index in [2.05, 4.69) is 10.6 Å². The van der Waals surface area contributed by atoms with Gasteiger partial charge in [0.1, 0.15) is 0 Å². The molecule has 0 radical (unpaired) electrons. The van der Waals surface area contributed by atoms with Gasteiger partial charge in [-0.15, -0.1) is 0 Å². The Morgan fingerprint density at radius 3 is 2.75 bits per heavy atom. The van der Waals surface area contributed by atoms with Crippen LogP contribution < -0.4 is 10.6 Å². The minimum atomic E-state index is -0.761.